The molecule has 0 radical (unpaired) electrons. The third kappa shape index (κ3) is 3.76. The highest BCUT2D eigenvalue weighted by atomic mass is 35.5. The molecule has 0 aliphatic heterocycles. The molecule has 0 N–H and O–H groups in total. The van der Waals surface area contributed by atoms with Crippen LogP contribution in [0, 0.1) is 0 Å². The molecule has 3 rings (SSSR count). The first-order valence-corrected chi connectivity index (χ1v) is 11.4. The monoisotopic (exact) mass is 444 g/mol. The van der Waals surface area contributed by atoms with Crippen molar-refractivity contribution in [2.45, 2.75) is 0 Å². The summed E-state index contributed by atoms with van der Waals surface area (Å²) in [6, 6.07) is 7.44. The van der Waals surface area contributed by atoms with E-state index in [-0.39, 0.29) is 0 Å². The Morgan fingerprint density at radius 2 is 0.955 bits per heavy atom. The molecule has 0 unspecified atom stereocenters. The number of halogens is 4. The van der Waals surface area contributed by atoms with Gasteiger partial charge in [-0.1, -0.05) is 87.8 Å². The molecular formula is C12H4Cl4N2S4. The van der Waals surface area contributed by atoms with E-state index in [1.807, 2.05) is 24.3 Å². The first kappa shape index (κ1) is 16.9. The van der Waals surface area contributed by atoms with Crippen molar-refractivity contribution in [1.29, 1.82) is 0 Å². The van der Waals surface area contributed by atoms with Crippen LogP contribution in [0.3, 0.4) is 0 Å². The van der Waals surface area contributed by atoms with Crippen LogP contribution in [-0.4, -0.2) is 0 Å². The zero-order chi connectivity index (χ0) is 15.7. The highest BCUT2D eigenvalue weighted by Crippen LogP contribution is 2.29. The second-order valence-corrected chi connectivity index (χ2v) is 10.1. The number of hydrogen-bond donors (Lipinski definition) is 0. The Hall–Kier alpha value is 0.0800. The van der Waals surface area contributed by atoms with Gasteiger partial charge in [-0.15, -0.1) is 0 Å². The van der Waals surface area contributed by atoms with Crippen LogP contribution in [0.25, 0.3) is 0 Å². The van der Waals surface area contributed by atoms with E-state index >= 15 is 0 Å². The smallest absolute Gasteiger partial charge is 0.147 e. The van der Waals surface area contributed by atoms with Crippen molar-refractivity contribution in [2.24, 2.45) is 9.98 Å². The lowest BCUT2D eigenvalue weighted by Crippen LogP contribution is -1.92. The van der Waals surface area contributed by atoms with Crippen LogP contribution in [0.1, 0.15) is 0 Å². The Kier molecular flexibility index (Phi) is 5.63. The third-order valence-electron chi connectivity index (χ3n) is 2.42. The third-order valence-corrected chi connectivity index (χ3v) is 9.41. The average molecular weight is 446 g/mol. The molecule has 3 aromatic rings. The Morgan fingerprint density at radius 1 is 0.591 bits per heavy atom. The van der Waals surface area contributed by atoms with Gasteiger partial charge in [0.25, 0.3) is 0 Å². The Bertz CT molecular complexity index is 856. The van der Waals surface area contributed by atoms with Gasteiger partial charge in [0.1, 0.15) is 28.1 Å². The molecular weight excluding hydrogens is 442 g/mol. The van der Waals surface area contributed by atoms with E-state index < -0.39 is 0 Å². The second-order valence-electron chi connectivity index (χ2n) is 3.86. The van der Waals surface area contributed by atoms with Crippen LogP contribution >= 0.6 is 87.8 Å². The van der Waals surface area contributed by atoms with Gasteiger partial charge >= 0.3 is 0 Å². The predicted octanol–water partition coefficient (Wildman–Crippen LogP) is 7.01. The maximum Gasteiger partial charge on any atom is 0.147 e. The molecule has 2 heterocycles. The highest BCUT2D eigenvalue weighted by molar-refractivity contribution is 7.70. The van der Waals surface area contributed by atoms with Crippen LogP contribution in [-0.2, 0) is 0 Å². The Morgan fingerprint density at radius 3 is 1.23 bits per heavy atom. The minimum absolute atomic E-state index is 0.493. The van der Waals surface area contributed by atoms with Gasteiger partial charge in [0, 0.05) is 0 Å². The Balaban J connectivity index is 1.94. The van der Waals surface area contributed by atoms with Crippen LogP contribution < -0.4 is 9.34 Å². The summed E-state index contributed by atoms with van der Waals surface area (Å²) in [6.45, 7) is 0. The zero-order valence-electron chi connectivity index (χ0n) is 10.3. The largest absolute Gasteiger partial charge is 0.236 e. The van der Waals surface area contributed by atoms with Crippen LogP contribution in [0.4, 0.5) is 11.4 Å². The van der Waals surface area contributed by atoms with Crippen molar-refractivity contribution in [3.8, 4) is 0 Å². The maximum atomic E-state index is 6.07. The first-order chi connectivity index (χ1) is 10.5. The number of benzene rings is 1. The molecule has 2 aromatic heterocycles. The van der Waals surface area contributed by atoms with Crippen molar-refractivity contribution in [2.75, 3.05) is 0 Å². The summed E-state index contributed by atoms with van der Waals surface area (Å²) >= 11 is 24.0. The summed E-state index contributed by atoms with van der Waals surface area (Å²) in [4.78, 5) is 8.92. The standard InChI is InChI=1S/C12H4Cl4N2S4/c13-7-9(15)19-21-11(7)17-5-1-2-6(4-3-5)18-12-8(14)10(16)20-22-12/h1-4H. The van der Waals surface area contributed by atoms with Gasteiger partial charge < -0.3 is 0 Å². The fourth-order valence-corrected chi connectivity index (χ4v) is 6.94. The van der Waals surface area contributed by atoms with Crippen LogP contribution in [0.2, 0.25) is 18.7 Å². The molecule has 10 heteroatoms. The molecule has 0 saturated heterocycles. The molecule has 0 saturated carbocycles. The fourth-order valence-electron chi connectivity index (χ4n) is 1.44. The molecule has 0 amide bonds. The molecule has 0 bridgehead atoms. The summed E-state index contributed by atoms with van der Waals surface area (Å²) in [7, 11) is 5.68. The van der Waals surface area contributed by atoms with Gasteiger partial charge in [-0.3, -0.25) is 0 Å². The van der Waals surface area contributed by atoms with Gasteiger partial charge in [-0.05, 0) is 24.3 Å². The van der Waals surface area contributed by atoms with E-state index in [1.165, 1.54) is 41.4 Å². The van der Waals surface area contributed by atoms with Crippen molar-refractivity contribution in [1.82, 2.24) is 0 Å². The van der Waals surface area contributed by atoms with Gasteiger partial charge in [0.2, 0.25) is 0 Å². The maximum absolute atomic E-state index is 6.07. The molecule has 0 aliphatic carbocycles. The second kappa shape index (κ2) is 7.32. The summed E-state index contributed by atoms with van der Waals surface area (Å²) in [6.07, 6.45) is 0. The lowest BCUT2D eigenvalue weighted by atomic mass is 10.3. The molecule has 0 aliphatic rings. The Labute approximate surface area is 160 Å². The van der Waals surface area contributed by atoms with Crippen molar-refractivity contribution >= 4 is 99.1 Å². The van der Waals surface area contributed by atoms with Crippen LogP contribution in [0.5, 0.6) is 0 Å². The fraction of sp³-hybridized carbons (Fsp3) is 0. The highest BCUT2D eigenvalue weighted by Gasteiger charge is 2.05. The summed E-state index contributed by atoms with van der Waals surface area (Å²) < 4.78 is 2.53. The molecule has 1 aromatic carbocycles. The SMILES string of the molecule is Clc1ssc(=Nc2ccc(N=c3ssc(Cl)c3Cl)cc2)c1Cl. The quantitative estimate of drug-likeness (QED) is 0.379. The molecule has 22 heavy (non-hydrogen) atoms. The number of nitrogens with zero attached hydrogens (tertiary/aromatic N) is 2. The zero-order valence-corrected chi connectivity index (χ0v) is 16.6. The molecule has 0 atom stereocenters. The van der Waals surface area contributed by atoms with Crippen molar-refractivity contribution < 1.29 is 0 Å². The van der Waals surface area contributed by atoms with Crippen molar-refractivity contribution in [3.63, 3.8) is 0 Å². The molecule has 2 nitrogen and oxygen atoms in total. The van der Waals surface area contributed by atoms with Gasteiger partial charge in [-0.2, -0.15) is 0 Å². The lowest BCUT2D eigenvalue weighted by molar-refractivity contribution is 1.37. The van der Waals surface area contributed by atoms with Gasteiger partial charge in [-0.25, -0.2) is 9.98 Å². The number of hydrogen-bond acceptors (Lipinski definition) is 6. The normalized spacial score (nSPS) is 13.1. The lowest BCUT2D eigenvalue weighted by Gasteiger charge is -1.94. The first-order valence-electron chi connectivity index (χ1n) is 5.62. The summed E-state index contributed by atoms with van der Waals surface area (Å²) in [5, 5.41) is 0.985. The summed E-state index contributed by atoms with van der Waals surface area (Å²) in [5.41, 5.74) is 1.56. The van der Waals surface area contributed by atoms with E-state index in [2.05, 4.69) is 9.98 Å². The van der Waals surface area contributed by atoms with E-state index in [1.54, 1.807) is 0 Å². The van der Waals surface area contributed by atoms with E-state index in [9.17, 15) is 0 Å². The number of rotatable bonds is 2. The average Bonchev–Trinajstić information content (AvgIpc) is 3.00. The summed E-state index contributed by atoms with van der Waals surface area (Å²) in [5.74, 6) is 0. The van der Waals surface area contributed by atoms with E-state index in [4.69, 9.17) is 46.4 Å². The molecule has 0 spiro atoms. The van der Waals surface area contributed by atoms with Gasteiger partial charge in [0.15, 0.2) is 0 Å². The minimum atomic E-state index is 0.493. The predicted molar refractivity (Wildman–Crippen MR) is 101 cm³/mol. The van der Waals surface area contributed by atoms with Gasteiger partial charge in [0.05, 0.1) is 11.4 Å². The van der Waals surface area contributed by atoms with E-state index in [0.29, 0.717) is 28.1 Å². The van der Waals surface area contributed by atoms with Crippen molar-refractivity contribution in [3.05, 3.63) is 52.3 Å². The topological polar surface area (TPSA) is 24.7 Å². The minimum Gasteiger partial charge on any atom is -0.236 e. The molecule has 114 valence electrons. The van der Waals surface area contributed by atoms with E-state index in [0.717, 1.165) is 11.4 Å². The van der Waals surface area contributed by atoms with Crippen LogP contribution in [0.15, 0.2) is 34.3 Å². The molecule has 0 fully saturated rings.